The monoisotopic (exact) mass is 433 g/mol. The number of para-hydroxylation sites is 1. The average molecular weight is 434 g/mol. The van der Waals surface area contributed by atoms with Crippen molar-refractivity contribution in [3.63, 3.8) is 0 Å². The fourth-order valence-corrected chi connectivity index (χ4v) is 3.38. The molecule has 0 aliphatic rings. The number of nitrogens with one attached hydrogen (secondary N) is 2. The quantitative estimate of drug-likeness (QED) is 0.623. The molecule has 2 N–H and O–H groups in total. The van der Waals surface area contributed by atoms with Gasteiger partial charge in [-0.05, 0) is 47.2 Å². The van der Waals surface area contributed by atoms with Gasteiger partial charge in [-0.2, -0.15) is 0 Å². The van der Waals surface area contributed by atoms with Crippen molar-refractivity contribution < 1.29 is 9.59 Å². The largest absolute Gasteiger partial charge is 0.310 e. The minimum Gasteiger partial charge on any atom is -0.310 e. The average Bonchev–Trinajstić information content (AvgIpc) is 2.98. The zero-order chi connectivity index (χ0) is 18.5. The molecule has 3 rings (SSSR count). The van der Waals surface area contributed by atoms with Crippen LogP contribution in [-0.4, -0.2) is 46.8 Å². The van der Waals surface area contributed by atoms with E-state index in [2.05, 4.69) is 36.5 Å². The second-order valence-corrected chi connectivity index (χ2v) is 7.56. The van der Waals surface area contributed by atoms with Crippen LogP contribution < -0.4 is 10.6 Å². The minimum absolute atomic E-state index is 0.0744. The van der Waals surface area contributed by atoms with E-state index in [9.17, 15) is 9.59 Å². The predicted octanol–water partition coefficient (Wildman–Crippen LogP) is 2.96. The summed E-state index contributed by atoms with van der Waals surface area (Å²) in [7, 11) is 1.70. The number of anilines is 2. The van der Waals surface area contributed by atoms with Crippen molar-refractivity contribution in [2.45, 2.75) is 0 Å². The van der Waals surface area contributed by atoms with E-state index in [-0.39, 0.29) is 24.9 Å². The molecule has 2 heterocycles. The van der Waals surface area contributed by atoms with Crippen LogP contribution in [0.1, 0.15) is 0 Å². The number of carbonyl (C=O) groups is 2. The molecule has 0 aliphatic heterocycles. The first kappa shape index (κ1) is 18.4. The van der Waals surface area contributed by atoms with E-state index < -0.39 is 0 Å². The number of hydrogen-bond acceptors (Lipinski definition) is 6. The van der Waals surface area contributed by atoms with E-state index in [0.29, 0.717) is 10.9 Å². The molecular weight excluding hydrogens is 418 g/mol. The van der Waals surface area contributed by atoms with Crippen LogP contribution in [0.5, 0.6) is 0 Å². The molecule has 0 unspecified atom stereocenters. The number of likely N-dealkylation sites (N-methyl/N-ethyl adjacent to an activating group) is 1. The standard InChI is InChI=1S/C17H16BrN5O2S/c1-23(9-15(24)21-14-7-6-11(18)8-19-14)10-16(25)22-17-20-12-4-2-3-5-13(12)26-17/h2-8H,9-10H2,1H3,(H,19,21,24)(H,20,22,25). The molecule has 134 valence electrons. The predicted molar refractivity (Wildman–Crippen MR) is 106 cm³/mol. The van der Waals surface area contributed by atoms with Crippen molar-refractivity contribution in [1.29, 1.82) is 0 Å². The highest BCUT2D eigenvalue weighted by molar-refractivity contribution is 9.10. The number of benzene rings is 1. The number of thiazole rings is 1. The van der Waals surface area contributed by atoms with Crippen LogP contribution >= 0.6 is 27.3 Å². The number of halogens is 1. The molecule has 3 aromatic rings. The van der Waals surface area contributed by atoms with Crippen LogP contribution in [0.4, 0.5) is 10.9 Å². The van der Waals surface area contributed by atoms with E-state index in [1.165, 1.54) is 11.3 Å². The number of aromatic nitrogens is 2. The van der Waals surface area contributed by atoms with Gasteiger partial charge in [0.15, 0.2) is 5.13 Å². The van der Waals surface area contributed by atoms with Gasteiger partial charge in [-0.15, -0.1) is 0 Å². The van der Waals surface area contributed by atoms with E-state index in [4.69, 9.17) is 0 Å². The Kier molecular flexibility index (Phi) is 5.92. The zero-order valence-corrected chi connectivity index (χ0v) is 16.3. The van der Waals surface area contributed by atoms with Crippen LogP contribution in [0.2, 0.25) is 0 Å². The summed E-state index contributed by atoms with van der Waals surface area (Å²) in [6, 6.07) is 11.2. The molecule has 9 heteroatoms. The lowest BCUT2D eigenvalue weighted by Crippen LogP contribution is -2.36. The van der Waals surface area contributed by atoms with Gasteiger partial charge < -0.3 is 10.6 Å². The van der Waals surface area contributed by atoms with Gasteiger partial charge in [-0.1, -0.05) is 23.5 Å². The van der Waals surface area contributed by atoms with Crippen molar-refractivity contribution in [2.75, 3.05) is 30.8 Å². The third-order valence-electron chi connectivity index (χ3n) is 3.36. The molecule has 0 spiro atoms. The van der Waals surface area contributed by atoms with Crippen molar-refractivity contribution in [1.82, 2.24) is 14.9 Å². The van der Waals surface area contributed by atoms with E-state index in [0.717, 1.165) is 14.7 Å². The molecule has 26 heavy (non-hydrogen) atoms. The maximum atomic E-state index is 12.1. The summed E-state index contributed by atoms with van der Waals surface area (Å²) >= 11 is 4.70. The molecule has 1 aromatic carbocycles. The number of hydrogen-bond donors (Lipinski definition) is 2. The number of nitrogens with zero attached hydrogens (tertiary/aromatic N) is 3. The topological polar surface area (TPSA) is 87.2 Å². The number of pyridine rings is 1. The molecule has 0 aliphatic carbocycles. The maximum absolute atomic E-state index is 12.1. The molecule has 0 radical (unpaired) electrons. The van der Waals surface area contributed by atoms with Gasteiger partial charge in [0, 0.05) is 10.7 Å². The lowest BCUT2D eigenvalue weighted by molar-refractivity contribution is -0.119. The van der Waals surface area contributed by atoms with Gasteiger partial charge in [0.1, 0.15) is 5.82 Å². The fourth-order valence-electron chi connectivity index (χ4n) is 2.26. The Balaban J connectivity index is 1.48. The van der Waals surface area contributed by atoms with Gasteiger partial charge in [-0.3, -0.25) is 14.5 Å². The number of carbonyl (C=O) groups excluding carboxylic acids is 2. The van der Waals surface area contributed by atoms with Crippen LogP contribution in [0, 0.1) is 0 Å². The first-order valence-electron chi connectivity index (χ1n) is 7.75. The summed E-state index contributed by atoms with van der Waals surface area (Å²) in [6.07, 6.45) is 1.60. The Labute approximate surface area is 162 Å². The molecule has 0 bridgehead atoms. The minimum atomic E-state index is -0.241. The van der Waals surface area contributed by atoms with Gasteiger partial charge in [0.2, 0.25) is 11.8 Å². The van der Waals surface area contributed by atoms with Crippen molar-refractivity contribution >= 4 is 60.2 Å². The molecular formula is C17H16BrN5O2S. The Bertz CT molecular complexity index is 895. The third kappa shape index (κ3) is 5.07. The smallest absolute Gasteiger partial charge is 0.240 e. The Morgan fingerprint density at radius 1 is 1.12 bits per heavy atom. The third-order valence-corrected chi connectivity index (χ3v) is 4.78. The summed E-state index contributed by atoms with van der Waals surface area (Å²) in [5, 5.41) is 6.00. The Morgan fingerprint density at radius 3 is 2.54 bits per heavy atom. The van der Waals surface area contributed by atoms with Gasteiger partial charge in [0.05, 0.1) is 23.3 Å². The lowest BCUT2D eigenvalue weighted by Gasteiger charge is -2.15. The summed E-state index contributed by atoms with van der Waals surface area (Å²) in [5.41, 5.74) is 0.850. The fraction of sp³-hybridized carbons (Fsp3) is 0.176. The van der Waals surface area contributed by atoms with Gasteiger partial charge in [-0.25, -0.2) is 9.97 Å². The highest BCUT2D eigenvalue weighted by Crippen LogP contribution is 2.25. The zero-order valence-electron chi connectivity index (χ0n) is 13.9. The first-order valence-corrected chi connectivity index (χ1v) is 9.36. The van der Waals surface area contributed by atoms with Crippen molar-refractivity contribution in [3.8, 4) is 0 Å². The summed E-state index contributed by atoms with van der Waals surface area (Å²) in [4.78, 5) is 34.2. The molecule has 0 saturated heterocycles. The molecule has 2 amide bonds. The highest BCUT2D eigenvalue weighted by atomic mass is 79.9. The summed E-state index contributed by atoms with van der Waals surface area (Å²) in [5.74, 6) is 0.00163. The number of fused-ring (bicyclic) bond motifs is 1. The van der Waals surface area contributed by atoms with E-state index in [1.807, 2.05) is 24.3 Å². The Morgan fingerprint density at radius 2 is 1.85 bits per heavy atom. The highest BCUT2D eigenvalue weighted by Gasteiger charge is 2.13. The summed E-state index contributed by atoms with van der Waals surface area (Å²) in [6.45, 7) is 0.155. The second kappa shape index (κ2) is 8.35. The molecule has 0 fully saturated rings. The van der Waals surface area contributed by atoms with E-state index >= 15 is 0 Å². The number of rotatable bonds is 6. The van der Waals surface area contributed by atoms with Crippen molar-refractivity contribution in [2.24, 2.45) is 0 Å². The summed E-state index contributed by atoms with van der Waals surface area (Å²) < 4.78 is 1.84. The number of amides is 2. The van der Waals surface area contributed by atoms with Crippen LogP contribution in [0.15, 0.2) is 47.1 Å². The molecule has 7 nitrogen and oxygen atoms in total. The molecule has 0 saturated carbocycles. The lowest BCUT2D eigenvalue weighted by atomic mass is 10.3. The second-order valence-electron chi connectivity index (χ2n) is 5.62. The Hall–Kier alpha value is -2.36. The van der Waals surface area contributed by atoms with Gasteiger partial charge >= 0.3 is 0 Å². The van der Waals surface area contributed by atoms with Crippen LogP contribution in [0.3, 0.4) is 0 Å². The van der Waals surface area contributed by atoms with Gasteiger partial charge in [0.25, 0.3) is 0 Å². The van der Waals surface area contributed by atoms with Crippen LogP contribution in [0.25, 0.3) is 10.2 Å². The van der Waals surface area contributed by atoms with Crippen molar-refractivity contribution in [3.05, 3.63) is 47.1 Å². The molecule has 0 atom stereocenters. The maximum Gasteiger partial charge on any atom is 0.240 e. The normalized spacial score (nSPS) is 10.9. The molecule has 2 aromatic heterocycles. The SMILES string of the molecule is CN(CC(=O)Nc1ccc(Br)cn1)CC(=O)Nc1nc2ccccc2s1. The first-order chi connectivity index (χ1) is 12.5. The van der Waals surface area contributed by atoms with E-state index in [1.54, 1.807) is 30.3 Å². The van der Waals surface area contributed by atoms with Crippen LogP contribution in [-0.2, 0) is 9.59 Å².